The molecular weight excluding hydrogens is 371 g/mol. The molecule has 0 spiro atoms. The first-order valence-corrected chi connectivity index (χ1v) is 9.55. The lowest BCUT2D eigenvalue weighted by Crippen LogP contribution is -2.53. The molecule has 1 aliphatic rings. The monoisotopic (exact) mass is 392 g/mol. The molecule has 1 unspecified atom stereocenters. The van der Waals surface area contributed by atoms with E-state index in [9.17, 15) is 18.8 Å². The Morgan fingerprint density at radius 2 is 1.86 bits per heavy atom. The summed E-state index contributed by atoms with van der Waals surface area (Å²) < 4.78 is 14.1. The highest BCUT2D eigenvalue weighted by molar-refractivity contribution is 6.10. The number of pyridine rings is 1. The summed E-state index contributed by atoms with van der Waals surface area (Å²) in [5, 5.41) is 4.04. The Bertz CT molecular complexity index is 1200. The van der Waals surface area contributed by atoms with Crippen LogP contribution >= 0.6 is 0 Å². The molecule has 1 saturated heterocycles. The zero-order valence-corrected chi connectivity index (χ0v) is 16.2. The van der Waals surface area contributed by atoms with Gasteiger partial charge in [0, 0.05) is 23.1 Å². The number of rotatable bonds is 4. The Morgan fingerprint density at radius 1 is 1.07 bits per heavy atom. The van der Waals surface area contributed by atoms with E-state index in [4.69, 9.17) is 0 Å². The summed E-state index contributed by atoms with van der Waals surface area (Å²) in [4.78, 5) is 39.8. The van der Waals surface area contributed by atoms with Gasteiger partial charge in [-0.25, -0.2) is 4.39 Å². The lowest BCUT2D eigenvalue weighted by molar-refractivity contribution is -0.124. The lowest BCUT2D eigenvalue weighted by atomic mass is 9.79. The molecule has 3 aromatic rings. The van der Waals surface area contributed by atoms with E-state index in [0.717, 1.165) is 5.39 Å². The number of benzene rings is 2. The Balaban J connectivity index is 1.70. The second-order valence-electron chi connectivity index (χ2n) is 7.85. The molecule has 4 rings (SSSR count). The SMILES string of the molecule is CC(C)C1(Cc2ccc(-c3ccc4cccc(F)c4c3)[nH]c2=O)NC(=O)CC1=O. The fraction of sp³-hybridized carbons (Fsp3) is 0.261. The number of halogens is 1. The highest BCUT2D eigenvalue weighted by Crippen LogP contribution is 2.29. The Labute approximate surface area is 167 Å². The van der Waals surface area contributed by atoms with Crippen molar-refractivity contribution >= 4 is 22.5 Å². The van der Waals surface area contributed by atoms with E-state index in [2.05, 4.69) is 10.3 Å². The van der Waals surface area contributed by atoms with Crippen LogP contribution in [0.1, 0.15) is 25.8 Å². The molecule has 2 heterocycles. The molecule has 1 aliphatic heterocycles. The normalized spacial score (nSPS) is 19.2. The van der Waals surface area contributed by atoms with Gasteiger partial charge < -0.3 is 10.3 Å². The third-order valence-corrected chi connectivity index (χ3v) is 5.77. The summed E-state index contributed by atoms with van der Waals surface area (Å²) in [6.07, 6.45) is -0.0198. The molecule has 1 aromatic heterocycles. The zero-order chi connectivity index (χ0) is 20.8. The van der Waals surface area contributed by atoms with Crippen molar-refractivity contribution in [1.29, 1.82) is 0 Å². The maximum absolute atomic E-state index is 14.1. The predicted molar refractivity (Wildman–Crippen MR) is 109 cm³/mol. The Hall–Kier alpha value is -3.28. The summed E-state index contributed by atoms with van der Waals surface area (Å²) in [5.74, 6) is -0.970. The molecule has 2 aromatic carbocycles. The van der Waals surface area contributed by atoms with Crippen molar-refractivity contribution in [2.45, 2.75) is 32.2 Å². The van der Waals surface area contributed by atoms with Crippen LogP contribution < -0.4 is 10.9 Å². The van der Waals surface area contributed by atoms with Gasteiger partial charge in [0.15, 0.2) is 5.78 Å². The maximum Gasteiger partial charge on any atom is 0.251 e. The molecule has 0 saturated carbocycles. The number of amides is 1. The number of ketones is 1. The quantitative estimate of drug-likeness (QED) is 0.668. The number of hydrogen-bond acceptors (Lipinski definition) is 3. The minimum atomic E-state index is -1.06. The number of H-pyrrole nitrogens is 1. The van der Waals surface area contributed by atoms with Gasteiger partial charge in [-0.3, -0.25) is 14.4 Å². The van der Waals surface area contributed by atoms with Crippen molar-refractivity contribution < 1.29 is 14.0 Å². The number of nitrogens with one attached hydrogen (secondary N) is 2. The molecular formula is C23H21FN2O3. The topological polar surface area (TPSA) is 79.0 Å². The number of fused-ring (bicyclic) bond motifs is 1. The van der Waals surface area contributed by atoms with Gasteiger partial charge >= 0.3 is 0 Å². The molecule has 1 fully saturated rings. The summed E-state index contributed by atoms with van der Waals surface area (Å²) in [6.45, 7) is 3.71. The van der Waals surface area contributed by atoms with Crippen molar-refractivity contribution in [3.05, 3.63) is 70.3 Å². The van der Waals surface area contributed by atoms with Crippen molar-refractivity contribution in [2.75, 3.05) is 0 Å². The third kappa shape index (κ3) is 3.24. The molecule has 1 atom stereocenters. The lowest BCUT2D eigenvalue weighted by Gasteiger charge is -2.31. The summed E-state index contributed by atoms with van der Waals surface area (Å²) in [5.41, 5.74) is 0.284. The van der Waals surface area contributed by atoms with E-state index >= 15 is 0 Å². The molecule has 2 N–H and O–H groups in total. The van der Waals surface area contributed by atoms with Crippen LogP contribution in [0.5, 0.6) is 0 Å². The van der Waals surface area contributed by atoms with Gasteiger partial charge in [0.1, 0.15) is 11.4 Å². The van der Waals surface area contributed by atoms with Gasteiger partial charge in [-0.15, -0.1) is 0 Å². The van der Waals surface area contributed by atoms with Crippen LogP contribution in [0.4, 0.5) is 4.39 Å². The van der Waals surface area contributed by atoms with Gasteiger partial charge in [-0.05, 0) is 35.1 Å². The average molecular weight is 392 g/mol. The minimum Gasteiger partial charge on any atom is -0.343 e. The van der Waals surface area contributed by atoms with Crippen LogP contribution in [0.2, 0.25) is 0 Å². The molecule has 6 heteroatoms. The number of hydrogen-bond donors (Lipinski definition) is 2. The fourth-order valence-electron chi connectivity index (χ4n) is 3.99. The standard InChI is InChI=1S/C23H21FN2O3/c1-13(2)23(20(27)11-21(28)26-23)12-16-8-9-19(25-22(16)29)15-7-6-14-4-3-5-18(24)17(14)10-15/h3-10,13H,11-12H2,1-2H3,(H,25,29)(H,26,28). The molecule has 0 bridgehead atoms. The van der Waals surface area contributed by atoms with Crippen molar-refractivity contribution in [3.63, 3.8) is 0 Å². The third-order valence-electron chi connectivity index (χ3n) is 5.77. The first kappa shape index (κ1) is 19.1. The van der Waals surface area contributed by atoms with Gasteiger partial charge in [0.05, 0.1) is 6.42 Å². The van der Waals surface area contributed by atoms with E-state index in [1.165, 1.54) is 6.07 Å². The van der Waals surface area contributed by atoms with Gasteiger partial charge in [0.2, 0.25) is 5.91 Å². The van der Waals surface area contributed by atoms with Crippen LogP contribution in [0.15, 0.2) is 53.3 Å². The molecule has 0 aliphatic carbocycles. The van der Waals surface area contributed by atoms with E-state index < -0.39 is 5.54 Å². The van der Waals surface area contributed by atoms with Crippen molar-refractivity contribution in [2.24, 2.45) is 5.92 Å². The highest BCUT2D eigenvalue weighted by Gasteiger charge is 2.48. The molecule has 148 valence electrons. The summed E-state index contributed by atoms with van der Waals surface area (Å²) >= 11 is 0. The van der Waals surface area contributed by atoms with Crippen molar-refractivity contribution in [3.8, 4) is 11.3 Å². The predicted octanol–water partition coefficient (Wildman–Crippen LogP) is 3.36. The van der Waals surface area contributed by atoms with Crippen LogP contribution in [-0.4, -0.2) is 22.2 Å². The smallest absolute Gasteiger partial charge is 0.251 e. The number of carbonyl (C=O) groups excluding carboxylic acids is 2. The average Bonchev–Trinajstić information content (AvgIpc) is 2.98. The number of aromatic amines is 1. The second-order valence-corrected chi connectivity index (χ2v) is 7.85. The molecule has 0 radical (unpaired) electrons. The Kier molecular flexibility index (Phi) is 4.57. The Morgan fingerprint density at radius 3 is 2.52 bits per heavy atom. The fourth-order valence-corrected chi connectivity index (χ4v) is 3.99. The number of Topliss-reactive ketones (excluding diaryl/α,β-unsaturated/α-hetero) is 1. The zero-order valence-electron chi connectivity index (χ0n) is 16.2. The van der Waals surface area contributed by atoms with Crippen LogP contribution in [-0.2, 0) is 16.0 Å². The van der Waals surface area contributed by atoms with E-state index in [1.54, 1.807) is 30.3 Å². The van der Waals surface area contributed by atoms with Gasteiger partial charge in [-0.1, -0.05) is 44.2 Å². The first-order chi connectivity index (χ1) is 13.8. The maximum atomic E-state index is 14.1. The van der Waals surface area contributed by atoms with Gasteiger partial charge in [0.25, 0.3) is 5.56 Å². The van der Waals surface area contributed by atoms with Crippen LogP contribution in [0.25, 0.3) is 22.0 Å². The van der Waals surface area contributed by atoms with Crippen molar-refractivity contribution in [1.82, 2.24) is 10.3 Å². The van der Waals surface area contributed by atoms with E-state index in [1.807, 2.05) is 26.0 Å². The number of aromatic nitrogens is 1. The summed E-state index contributed by atoms with van der Waals surface area (Å²) in [6, 6.07) is 13.6. The molecule has 1 amide bonds. The number of carbonyl (C=O) groups is 2. The first-order valence-electron chi connectivity index (χ1n) is 9.55. The second kappa shape index (κ2) is 6.95. The highest BCUT2D eigenvalue weighted by atomic mass is 19.1. The van der Waals surface area contributed by atoms with E-state index in [-0.39, 0.29) is 41.8 Å². The molecule has 5 nitrogen and oxygen atoms in total. The minimum absolute atomic E-state index is 0.136. The molecule has 29 heavy (non-hydrogen) atoms. The van der Waals surface area contributed by atoms with Crippen LogP contribution in [0, 0.1) is 11.7 Å². The summed E-state index contributed by atoms with van der Waals surface area (Å²) in [7, 11) is 0. The van der Waals surface area contributed by atoms with E-state index in [0.29, 0.717) is 22.2 Å². The van der Waals surface area contributed by atoms with Crippen LogP contribution in [0.3, 0.4) is 0 Å². The van der Waals surface area contributed by atoms with Gasteiger partial charge in [-0.2, -0.15) is 0 Å². The largest absolute Gasteiger partial charge is 0.343 e.